The number of ether oxygens (including phenoxy) is 1. The van der Waals surface area contributed by atoms with E-state index in [4.69, 9.17) is 10.00 Å². The smallest absolute Gasteiger partial charge is 0.339 e. The number of carbonyl (C=O) groups excluding carboxylic acids is 1. The fourth-order valence-electron chi connectivity index (χ4n) is 2.42. The molecule has 2 aliphatic heterocycles. The lowest BCUT2D eigenvalue weighted by Crippen LogP contribution is -2.52. The molecule has 118 valence electrons. The summed E-state index contributed by atoms with van der Waals surface area (Å²) in [7, 11) is 0. The van der Waals surface area contributed by atoms with Crippen molar-refractivity contribution in [2.24, 2.45) is 0 Å². The van der Waals surface area contributed by atoms with Gasteiger partial charge in [-0.15, -0.1) is 0 Å². The predicted molar refractivity (Wildman–Crippen MR) is 66.0 cm³/mol. The van der Waals surface area contributed by atoms with Gasteiger partial charge in [0.1, 0.15) is 0 Å². The van der Waals surface area contributed by atoms with Crippen LogP contribution in [0.25, 0.3) is 0 Å². The van der Waals surface area contributed by atoms with Crippen molar-refractivity contribution in [3.05, 3.63) is 0 Å². The van der Waals surface area contributed by atoms with Crippen LogP contribution in [0, 0.1) is 11.3 Å². The lowest BCUT2D eigenvalue weighted by molar-refractivity contribution is -0.221. The van der Waals surface area contributed by atoms with E-state index in [-0.39, 0.29) is 6.54 Å². The number of hydrogen-bond acceptors (Lipinski definition) is 5. The van der Waals surface area contributed by atoms with Crippen LogP contribution in [-0.2, 0) is 9.53 Å². The quantitative estimate of drug-likeness (QED) is 0.790. The molecule has 6 nitrogen and oxygen atoms in total. The fourth-order valence-corrected chi connectivity index (χ4v) is 2.42. The van der Waals surface area contributed by atoms with E-state index in [1.807, 2.05) is 0 Å². The number of nitrogens with zero attached hydrogens (tertiary/aromatic N) is 3. The lowest BCUT2D eigenvalue weighted by atomic mass is 10.2. The van der Waals surface area contributed by atoms with E-state index in [9.17, 15) is 18.0 Å². The minimum absolute atomic E-state index is 0.127. The molecule has 9 heteroatoms. The first-order valence-electron chi connectivity index (χ1n) is 6.75. The van der Waals surface area contributed by atoms with Crippen molar-refractivity contribution in [3.63, 3.8) is 0 Å². The van der Waals surface area contributed by atoms with Gasteiger partial charge < -0.3 is 9.64 Å². The van der Waals surface area contributed by atoms with E-state index in [0.717, 1.165) is 0 Å². The van der Waals surface area contributed by atoms with Gasteiger partial charge in [0, 0.05) is 45.7 Å². The van der Waals surface area contributed by atoms with Gasteiger partial charge in [0.15, 0.2) is 6.10 Å². The van der Waals surface area contributed by atoms with Gasteiger partial charge in [-0.1, -0.05) is 0 Å². The summed E-state index contributed by atoms with van der Waals surface area (Å²) in [6.07, 6.45) is -7.23. The Balaban J connectivity index is 1.79. The van der Waals surface area contributed by atoms with Crippen LogP contribution in [0.3, 0.4) is 0 Å². The summed E-state index contributed by atoms with van der Waals surface area (Å²) in [5, 5.41) is 10.7. The molecule has 0 aromatic carbocycles. The molecule has 2 atom stereocenters. The Hall–Kier alpha value is -1.37. The molecule has 2 rings (SSSR count). The zero-order valence-corrected chi connectivity index (χ0v) is 11.4. The molecule has 2 unspecified atom stereocenters. The zero-order valence-electron chi connectivity index (χ0n) is 11.4. The van der Waals surface area contributed by atoms with Crippen molar-refractivity contribution in [2.75, 3.05) is 39.3 Å². The number of nitriles is 1. The minimum atomic E-state index is -4.51. The van der Waals surface area contributed by atoms with Crippen molar-refractivity contribution >= 4 is 5.91 Å². The van der Waals surface area contributed by atoms with E-state index >= 15 is 0 Å². The van der Waals surface area contributed by atoms with Crippen LogP contribution in [0.15, 0.2) is 0 Å². The van der Waals surface area contributed by atoms with E-state index in [2.05, 4.69) is 16.3 Å². The van der Waals surface area contributed by atoms with Crippen LogP contribution in [0.2, 0.25) is 0 Å². The molecule has 2 fully saturated rings. The first-order valence-corrected chi connectivity index (χ1v) is 6.75. The number of halogens is 3. The average Bonchev–Trinajstić information content (AvgIpc) is 2.95. The number of rotatable bonds is 3. The second kappa shape index (κ2) is 6.60. The van der Waals surface area contributed by atoms with Gasteiger partial charge in [-0.05, 0) is 0 Å². The summed E-state index contributed by atoms with van der Waals surface area (Å²) in [5.41, 5.74) is 0. The van der Waals surface area contributed by atoms with E-state index in [0.29, 0.717) is 39.1 Å². The first-order chi connectivity index (χ1) is 9.91. The number of hydrogen-bond donors (Lipinski definition) is 1. The largest absolute Gasteiger partial charge is 0.428 e. The SMILES string of the molecule is N#CCCN1CCN(C(=O)C2CNC(C(F)(F)F)O2)CC1. The van der Waals surface area contributed by atoms with Crippen LogP contribution in [-0.4, -0.2) is 73.5 Å². The summed E-state index contributed by atoms with van der Waals surface area (Å²) in [5.74, 6) is -0.408. The maximum atomic E-state index is 12.5. The Morgan fingerprint density at radius 1 is 1.33 bits per heavy atom. The molecule has 0 saturated carbocycles. The van der Waals surface area contributed by atoms with Crippen LogP contribution < -0.4 is 5.32 Å². The number of amides is 1. The van der Waals surface area contributed by atoms with Gasteiger partial charge in [-0.2, -0.15) is 18.4 Å². The Bertz CT molecular complexity index is 416. The first kappa shape index (κ1) is 16.0. The van der Waals surface area contributed by atoms with E-state index < -0.39 is 24.4 Å². The normalized spacial score (nSPS) is 27.6. The lowest BCUT2D eigenvalue weighted by Gasteiger charge is -2.35. The molecular formula is C12H17F3N4O2. The molecule has 0 spiro atoms. The van der Waals surface area contributed by atoms with Crippen LogP contribution in [0.4, 0.5) is 13.2 Å². The molecule has 0 aliphatic carbocycles. The molecule has 1 N–H and O–H groups in total. The molecule has 21 heavy (non-hydrogen) atoms. The zero-order chi connectivity index (χ0) is 15.5. The summed E-state index contributed by atoms with van der Waals surface area (Å²) < 4.78 is 42.1. The third-order valence-corrected chi connectivity index (χ3v) is 3.59. The summed E-state index contributed by atoms with van der Waals surface area (Å²) >= 11 is 0. The highest BCUT2D eigenvalue weighted by molar-refractivity contribution is 5.81. The summed E-state index contributed by atoms with van der Waals surface area (Å²) in [6, 6.07) is 2.06. The van der Waals surface area contributed by atoms with Crippen LogP contribution >= 0.6 is 0 Å². The van der Waals surface area contributed by atoms with Crippen molar-refractivity contribution in [1.82, 2.24) is 15.1 Å². The molecule has 0 bridgehead atoms. The van der Waals surface area contributed by atoms with Gasteiger partial charge in [0.05, 0.1) is 6.07 Å². The van der Waals surface area contributed by atoms with Crippen molar-refractivity contribution < 1.29 is 22.7 Å². The van der Waals surface area contributed by atoms with Crippen molar-refractivity contribution in [3.8, 4) is 6.07 Å². The number of piperazine rings is 1. The maximum absolute atomic E-state index is 12.5. The van der Waals surface area contributed by atoms with Crippen LogP contribution in [0.1, 0.15) is 6.42 Å². The highest BCUT2D eigenvalue weighted by Crippen LogP contribution is 2.25. The third kappa shape index (κ3) is 4.06. The molecule has 0 aromatic heterocycles. The second-order valence-corrected chi connectivity index (χ2v) is 5.03. The summed E-state index contributed by atoms with van der Waals surface area (Å²) in [4.78, 5) is 15.7. The molecule has 0 radical (unpaired) electrons. The topological polar surface area (TPSA) is 68.6 Å². The fraction of sp³-hybridized carbons (Fsp3) is 0.833. The van der Waals surface area contributed by atoms with Gasteiger partial charge >= 0.3 is 6.18 Å². The predicted octanol–water partition coefficient (Wildman–Crippen LogP) is -0.0789. The highest BCUT2D eigenvalue weighted by atomic mass is 19.4. The van der Waals surface area contributed by atoms with Crippen molar-refractivity contribution in [2.45, 2.75) is 24.9 Å². The Morgan fingerprint density at radius 3 is 2.52 bits per heavy atom. The molecule has 2 heterocycles. The van der Waals surface area contributed by atoms with Gasteiger partial charge in [0.25, 0.3) is 5.91 Å². The third-order valence-electron chi connectivity index (χ3n) is 3.59. The van der Waals surface area contributed by atoms with Gasteiger partial charge in [-0.3, -0.25) is 15.0 Å². The highest BCUT2D eigenvalue weighted by Gasteiger charge is 2.47. The minimum Gasteiger partial charge on any atom is -0.339 e. The molecule has 0 aromatic rings. The molecule has 2 saturated heterocycles. The summed E-state index contributed by atoms with van der Waals surface area (Å²) in [6.45, 7) is 2.65. The van der Waals surface area contributed by atoms with E-state index in [1.165, 1.54) is 4.90 Å². The van der Waals surface area contributed by atoms with Crippen molar-refractivity contribution in [1.29, 1.82) is 5.26 Å². The molecule has 2 aliphatic rings. The Labute approximate surface area is 120 Å². The monoisotopic (exact) mass is 306 g/mol. The number of nitrogens with one attached hydrogen (secondary N) is 1. The number of alkyl halides is 3. The van der Waals surface area contributed by atoms with Crippen LogP contribution in [0.5, 0.6) is 0 Å². The Morgan fingerprint density at radius 2 is 2.00 bits per heavy atom. The van der Waals surface area contributed by atoms with Gasteiger partial charge in [-0.25, -0.2) is 0 Å². The molecular weight excluding hydrogens is 289 g/mol. The Kier molecular flexibility index (Phi) is 5.03. The van der Waals surface area contributed by atoms with E-state index in [1.54, 1.807) is 0 Å². The van der Waals surface area contributed by atoms with Gasteiger partial charge in [0.2, 0.25) is 6.23 Å². The second-order valence-electron chi connectivity index (χ2n) is 5.03. The number of carbonyl (C=O) groups is 1. The standard InChI is InChI=1S/C12H17F3N4O2/c13-12(14,15)11-17-8-9(21-11)10(20)19-6-4-18(5-7-19)3-1-2-16/h9,11,17H,1,3-8H2. The molecule has 1 amide bonds. The average molecular weight is 306 g/mol. The maximum Gasteiger partial charge on any atom is 0.428 e.